The quantitative estimate of drug-likeness (QED) is 0.178. The minimum atomic E-state index is -1.01. The summed E-state index contributed by atoms with van der Waals surface area (Å²) in [5.41, 5.74) is -0.876. The Kier molecular flexibility index (Phi) is 11.6. The Morgan fingerprint density at radius 2 is 1.36 bits per heavy atom. The van der Waals surface area contributed by atoms with Gasteiger partial charge in [-0.25, -0.2) is 4.79 Å². The lowest BCUT2D eigenvalue weighted by Crippen LogP contribution is -2.67. The summed E-state index contributed by atoms with van der Waals surface area (Å²) in [6, 6.07) is 0. The molecule has 56 heavy (non-hydrogen) atoms. The molecular formula is C42H66O14. The van der Waals surface area contributed by atoms with Gasteiger partial charge in [0.25, 0.3) is 0 Å². The van der Waals surface area contributed by atoms with Gasteiger partial charge in [-0.15, -0.1) is 0 Å². The summed E-state index contributed by atoms with van der Waals surface area (Å²) in [4.78, 5) is 12.0. The number of carbonyl (C=O) groups is 1. The van der Waals surface area contributed by atoms with Crippen molar-refractivity contribution in [1.82, 2.24) is 0 Å². The van der Waals surface area contributed by atoms with E-state index in [2.05, 4.69) is 6.92 Å². The Morgan fingerprint density at radius 3 is 1.96 bits per heavy atom. The van der Waals surface area contributed by atoms with Crippen LogP contribution in [0.2, 0.25) is 0 Å². The number of cyclic esters (lactones) is 1. The molecule has 8 aliphatic rings. The highest BCUT2D eigenvalue weighted by atomic mass is 16.7. The molecule has 7 fully saturated rings. The van der Waals surface area contributed by atoms with Crippen LogP contribution >= 0.6 is 0 Å². The molecule has 21 atom stereocenters. The minimum Gasteiger partial charge on any atom is -0.458 e. The molecule has 14 nitrogen and oxygen atoms in total. The van der Waals surface area contributed by atoms with E-state index in [1.165, 1.54) is 7.11 Å². The lowest BCUT2D eigenvalue weighted by molar-refractivity contribution is -0.336. The molecule has 0 unspecified atom stereocenters. The standard InChI is InChI=1S/C42H66O14/c1-20-37(47)31(49-6)18-36(51-20)56-39-22(3)53-35(17-30(39)44)55-38-21(2)52-34(16-29(38)43)54-25-9-11-40(4)24(14-25)7-8-27-28(40)15-32(45)41(5)26(10-12-42(27,41)48)23-13-33(46)50-19-23/h13,20-22,24-32,34-39,43-45,47-48H,7-12,14-19H2,1-6H3/t20-,21+,22+,24-,25-,26-,27-,28+,29+,30+,31-,32+,34+,35+,36+,37+,38-,39-,40-,41-,42-/m0/s1. The molecule has 0 amide bonds. The van der Waals surface area contributed by atoms with E-state index in [0.29, 0.717) is 25.2 Å². The van der Waals surface area contributed by atoms with Crippen LogP contribution in [-0.2, 0) is 42.7 Å². The van der Waals surface area contributed by atoms with Crippen molar-refractivity contribution in [3.8, 4) is 0 Å². The zero-order valence-electron chi connectivity index (χ0n) is 33.9. The summed E-state index contributed by atoms with van der Waals surface area (Å²) in [6.07, 6.45) is 0.0983. The van der Waals surface area contributed by atoms with Crippen molar-refractivity contribution in [3.05, 3.63) is 11.6 Å². The molecule has 4 aliphatic heterocycles. The highest BCUT2D eigenvalue weighted by molar-refractivity contribution is 5.85. The van der Waals surface area contributed by atoms with Crippen LogP contribution in [0.5, 0.6) is 0 Å². The van der Waals surface area contributed by atoms with Crippen molar-refractivity contribution in [2.75, 3.05) is 13.7 Å². The van der Waals surface area contributed by atoms with Crippen LogP contribution < -0.4 is 0 Å². The summed E-state index contributed by atoms with van der Waals surface area (Å²) in [6.45, 7) is 10.1. The van der Waals surface area contributed by atoms with Crippen molar-refractivity contribution >= 4 is 5.97 Å². The highest BCUT2D eigenvalue weighted by Crippen LogP contribution is 2.70. The van der Waals surface area contributed by atoms with Gasteiger partial charge in [0.05, 0.1) is 54.4 Å². The van der Waals surface area contributed by atoms with Crippen molar-refractivity contribution in [2.45, 2.75) is 197 Å². The number of aliphatic hydroxyl groups is 5. The van der Waals surface area contributed by atoms with Gasteiger partial charge >= 0.3 is 5.97 Å². The SMILES string of the molecule is CO[C@H]1C[C@@H](O[C@@H]2[C@H](O)C[C@@H](O[C@@H]3[C@H](O)C[C@@H](O[C@H]4CC[C@@]5(C)[C@@H](CC[C@H]6[C@H]5C[C@@H](O)[C@]5(C)[C@H](C7=CC(=O)OC7)CC[C@]65O)C4)O[C@@H]3C)O[C@@H]2C)O[C@@H](C)[C@H]1O. The zero-order chi connectivity index (χ0) is 39.9. The van der Waals surface area contributed by atoms with E-state index in [0.717, 1.165) is 44.1 Å². The van der Waals surface area contributed by atoms with E-state index < -0.39 is 90.9 Å². The van der Waals surface area contributed by atoms with Crippen molar-refractivity contribution in [1.29, 1.82) is 0 Å². The first-order valence-corrected chi connectivity index (χ1v) is 21.3. The van der Waals surface area contributed by atoms with Gasteiger partial charge in [-0.3, -0.25) is 0 Å². The van der Waals surface area contributed by atoms with Crippen LogP contribution in [0.15, 0.2) is 11.6 Å². The van der Waals surface area contributed by atoms with Crippen molar-refractivity contribution < 1.29 is 68.2 Å². The molecule has 318 valence electrons. The van der Waals surface area contributed by atoms with Crippen molar-refractivity contribution in [2.24, 2.45) is 34.5 Å². The van der Waals surface area contributed by atoms with E-state index in [9.17, 15) is 30.3 Å². The molecule has 3 saturated heterocycles. The van der Waals surface area contributed by atoms with E-state index in [1.54, 1.807) is 19.9 Å². The van der Waals surface area contributed by atoms with Crippen LogP contribution in [0.3, 0.4) is 0 Å². The van der Waals surface area contributed by atoms with Crippen LogP contribution in [0.1, 0.15) is 105 Å². The monoisotopic (exact) mass is 794 g/mol. The third-order valence-corrected chi connectivity index (χ3v) is 16.2. The molecule has 0 radical (unpaired) electrons. The second-order valence-corrected chi connectivity index (χ2v) is 19.0. The summed E-state index contributed by atoms with van der Waals surface area (Å²) >= 11 is 0. The smallest absolute Gasteiger partial charge is 0.331 e. The summed E-state index contributed by atoms with van der Waals surface area (Å²) in [7, 11) is 1.54. The number of hydrogen-bond acceptors (Lipinski definition) is 14. The average molecular weight is 795 g/mol. The van der Waals surface area contributed by atoms with Gasteiger partial charge < -0.3 is 63.4 Å². The normalized spacial score (nSPS) is 54.8. The molecule has 5 N–H and O–H groups in total. The molecule has 0 aromatic carbocycles. The number of carbonyl (C=O) groups excluding carboxylic acids is 1. The first kappa shape index (κ1) is 41.5. The Balaban J connectivity index is 0.834. The molecule has 0 aromatic rings. The summed E-state index contributed by atoms with van der Waals surface area (Å²) in [5, 5.41) is 57.2. The van der Waals surface area contributed by atoms with Gasteiger partial charge in [0.1, 0.15) is 24.9 Å². The van der Waals surface area contributed by atoms with Gasteiger partial charge in [-0.2, -0.15) is 0 Å². The third kappa shape index (κ3) is 7.02. The van der Waals surface area contributed by atoms with Crippen LogP contribution in [0, 0.1) is 34.5 Å². The lowest BCUT2D eigenvalue weighted by atomic mass is 9.42. The number of hydrogen-bond donors (Lipinski definition) is 5. The molecule has 0 aromatic heterocycles. The lowest BCUT2D eigenvalue weighted by Gasteiger charge is -2.65. The molecular weight excluding hydrogens is 728 g/mol. The van der Waals surface area contributed by atoms with Gasteiger partial charge in [0.15, 0.2) is 18.9 Å². The number of esters is 1. The number of fused-ring (bicyclic) bond motifs is 5. The Morgan fingerprint density at radius 1 is 0.732 bits per heavy atom. The molecule has 0 bridgehead atoms. The molecule has 4 saturated carbocycles. The fourth-order valence-electron chi connectivity index (χ4n) is 13.0. The average Bonchev–Trinajstić information content (AvgIpc) is 3.70. The fourth-order valence-corrected chi connectivity index (χ4v) is 13.0. The maximum atomic E-state index is 12.6. The fraction of sp³-hybridized carbons (Fsp3) is 0.929. The number of aliphatic hydroxyl groups excluding tert-OH is 4. The zero-order valence-corrected chi connectivity index (χ0v) is 33.9. The number of rotatable bonds is 8. The number of methoxy groups -OCH3 is 1. The Labute approximate surface area is 330 Å². The molecule has 0 spiro atoms. The summed E-state index contributed by atoms with van der Waals surface area (Å²) in [5.74, 6) is 0.225. The topological polar surface area (TPSA) is 192 Å². The predicted molar refractivity (Wildman–Crippen MR) is 197 cm³/mol. The van der Waals surface area contributed by atoms with Gasteiger partial charge in [0, 0.05) is 37.9 Å². The molecule has 14 heteroatoms. The summed E-state index contributed by atoms with van der Waals surface area (Å²) < 4.78 is 47.9. The first-order valence-electron chi connectivity index (χ1n) is 21.3. The molecule has 4 heterocycles. The van der Waals surface area contributed by atoms with E-state index in [1.807, 2.05) is 13.8 Å². The third-order valence-electron chi connectivity index (χ3n) is 16.2. The maximum Gasteiger partial charge on any atom is 0.331 e. The second kappa shape index (κ2) is 15.6. The maximum absolute atomic E-state index is 12.6. The molecule has 4 aliphatic carbocycles. The minimum absolute atomic E-state index is 0.0377. The second-order valence-electron chi connectivity index (χ2n) is 19.0. The highest BCUT2D eigenvalue weighted by Gasteiger charge is 2.71. The van der Waals surface area contributed by atoms with Gasteiger partial charge in [-0.1, -0.05) is 13.8 Å². The van der Waals surface area contributed by atoms with Crippen LogP contribution in [-0.4, -0.2) is 137 Å². The first-order chi connectivity index (χ1) is 26.5. The Hall–Kier alpha value is -1.27. The van der Waals surface area contributed by atoms with E-state index in [4.69, 9.17) is 37.9 Å². The van der Waals surface area contributed by atoms with Gasteiger partial charge in [-0.05, 0) is 107 Å². The Bertz CT molecular complexity index is 1440. The van der Waals surface area contributed by atoms with E-state index >= 15 is 0 Å². The number of ether oxygens (including phenoxy) is 8. The van der Waals surface area contributed by atoms with Crippen LogP contribution in [0.4, 0.5) is 0 Å². The largest absolute Gasteiger partial charge is 0.458 e. The molecule has 8 rings (SSSR count). The van der Waals surface area contributed by atoms with Crippen molar-refractivity contribution in [3.63, 3.8) is 0 Å². The predicted octanol–water partition coefficient (Wildman–Crippen LogP) is 2.87. The van der Waals surface area contributed by atoms with Gasteiger partial charge in [0.2, 0.25) is 0 Å². The van der Waals surface area contributed by atoms with E-state index in [-0.39, 0.29) is 54.7 Å². The van der Waals surface area contributed by atoms with Crippen LogP contribution in [0.25, 0.3) is 0 Å².